The molecule has 20 heavy (non-hydrogen) atoms. The average Bonchev–Trinajstić information content (AvgIpc) is 2.99. The van der Waals surface area contributed by atoms with Crippen LogP contribution in [0.4, 0.5) is 5.69 Å². The molecule has 0 fully saturated rings. The first-order valence-corrected chi connectivity index (χ1v) is 7.84. The number of thiophene rings is 1. The van der Waals surface area contributed by atoms with E-state index < -0.39 is 0 Å². The summed E-state index contributed by atoms with van der Waals surface area (Å²) in [5.74, 6) is -0.0580. The summed E-state index contributed by atoms with van der Waals surface area (Å²) in [5.41, 5.74) is 3.68. The first kappa shape index (κ1) is 13.1. The van der Waals surface area contributed by atoms with Gasteiger partial charge in [0.05, 0.1) is 0 Å². The maximum absolute atomic E-state index is 12.0. The lowest BCUT2D eigenvalue weighted by Crippen LogP contribution is -2.12. The van der Waals surface area contributed by atoms with Crippen LogP contribution in [0.15, 0.2) is 41.8 Å². The Bertz CT molecular complexity index is 628. The monoisotopic (exact) mass is 283 g/mol. The Labute approximate surface area is 123 Å². The Morgan fingerprint density at radius 2 is 2.05 bits per heavy atom. The highest BCUT2D eigenvalue weighted by molar-refractivity contribution is 7.10. The molecule has 0 atom stereocenters. The third kappa shape index (κ3) is 2.99. The van der Waals surface area contributed by atoms with Gasteiger partial charge in [0, 0.05) is 16.6 Å². The largest absolute Gasteiger partial charge is 0.322 e. The zero-order chi connectivity index (χ0) is 13.8. The molecule has 0 spiro atoms. The normalized spacial score (nSPS) is 14.2. The average molecular weight is 283 g/mol. The van der Waals surface area contributed by atoms with Gasteiger partial charge in [0.25, 0.3) is 0 Å². The minimum absolute atomic E-state index is 0.0580. The summed E-state index contributed by atoms with van der Waals surface area (Å²) in [5, 5.41) is 5.02. The molecular weight excluding hydrogens is 266 g/mol. The summed E-state index contributed by atoms with van der Waals surface area (Å²) in [6.45, 7) is 0. The van der Waals surface area contributed by atoms with Crippen LogP contribution < -0.4 is 5.32 Å². The van der Waals surface area contributed by atoms with Crippen LogP contribution in [0.1, 0.15) is 28.8 Å². The van der Waals surface area contributed by atoms with Gasteiger partial charge in [-0.3, -0.25) is 4.79 Å². The minimum atomic E-state index is -0.0580. The van der Waals surface area contributed by atoms with Crippen molar-refractivity contribution in [3.05, 3.63) is 57.8 Å². The molecule has 2 aromatic rings. The molecule has 0 unspecified atom stereocenters. The summed E-state index contributed by atoms with van der Waals surface area (Å²) in [4.78, 5) is 13.1. The van der Waals surface area contributed by atoms with Gasteiger partial charge in [0.1, 0.15) is 0 Å². The number of hydrogen-bond donors (Lipinski definition) is 1. The molecule has 0 radical (unpaired) electrons. The Morgan fingerprint density at radius 1 is 1.15 bits per heavy atom. The quantitative estimate of drug-likeness (QED) is 0.837. The molecule has 0 saturated heterocycles. The third-order valence-electron chi connectivity index (χ3n) is 3.60. The molecule has 2 nitrogen and oxygen atoms in total. The topological polar surface area (TPSA) is 29.1 Å². The van der Waals surface area contributed by atoms with Crippen molar-refractivity contribution < 1.29 is 4.79 Å². The molecule has 102 valence electrons. The van der Waals surface area contributed by atoms with Gasteiger partial charge in [-0.1, -0.05) is 18.2 Å². The van der Waals surface area contributed by atoms with Crippen molar-refractivity contribution in [2.75, 3.05) is 5.32 Å². The van der Waals surface area contributed by atoms with E-state index in [1.165, 1.54) is 24.0 Å². The highest BCUT2D eigenvalue weighted by Crippen LogP contribution is 2.27. The maximum Gasteiger partial charge on any atom is 0.248 e. The van der Waals surface area contributed by atoms with Gasteiger partial charge in [0.15, 0.2) is 0 Å². The fourth-order valence-corrected chi connectivity index (χ4v) is 3.23. The van der Waals surface area contributed by atoms with Gasteiger partial charge in [-0.2, -0.15) is 0 Å². The number of benzene rings is 1. The van der Waals surface area contributed by atoms with E-state index in [-0.39, 0.29) is 5.91 Å². The molecule has 3 rings (SSSR count). The first-order chi connectivity index (χ1) is 9.83. The number of hydrogen-bond acceptors (Lipinski definition) is 2. The van der Waals surface area contributed by atoms with Gasteiger partial charge in [0.2, 0.25) is 5.91 Å². The number of fused-ring (bicyclic) bond motifs is 1. The van der Waals surface area contributed by atoms with Crippen LogP contribution in [0.3, 0.4) is 0 Å². The Balaban J connectivity index is 1.73. The van der Waals surface area contributed by atoms with Crippen LogP contribution in [-0.2, 0) is 17.6 Å². The summed E-state index contributed by atoms with van der Waals surface area (Å²) >= 11 is 1.63. The van der Waals surface area contributed by atoms with E-state index in [9.17, 15) is 4.79 Å². The second-order valence-electron chi connectivity index (χ2n) is 4.99. The van der Waals surface area contributed by atoms with Crippen LogP contribution in [-0.4, -0.2) is 5.91 Å². The Morgan fingerprint density at radius 3 is 2.90 bits per heavy atom. The second kappa shape index (κ2) is 6.06. The van der Waals surface area contributed by atoms with Gasteiger partial charge in [-0.25, -0.2) is 0 Å². The van der Waals surface area contributed by atoms with Gasteiger partial charge in [-0.15, -0.1) is 11.3 Å². The lowest BCUT2D eigenvalue weighted by atomic mass is 9.90. The first-order valence-electron chi connectivity index (χ1n) is 6.96. The zero-order valence-electron chi connectivity index (χ0n) is 11.3. The van der Waals surface area contributed by atoms with Crippen LogP contribution in [0.5, 0.6) is 0 Å². The fraction of sp³-hybridized carbons (Fsp3) is 0.235. The van der Waals surface area contributed by atoms with Crippen molar-refractivity contribution in [2.45, 2.75) is 25.7 Å². The van der Waals surface area contributed by atoms with E-state index in [4.69, 9.17) is 0 Å². The lowest BCUT2D eigenvalue weighted by molar-refractivity contribution is -0.111. The van der Waals surface area contributed by atoms with Crippen molar-refractivity contribution in [3.63, 3.8) is 0 Å². The van der Waals surface area contributed by atoms with E-state index in [1.54, 1.807) is 17.4 Å². The molecule has 1 amide bonds. The Hall–Kier alpha value is -1.87. The highest BCUT2D eigenvalue weighted by Gasteiger charge is 2.13. The molecule has 0 saturated carbocycles. The van der Waals surface area contributed by atoms with Crippen LogP contribution in [0.25, 0.3) is 6.08 Å². The van der Waals surface area contributed by atoms with Crippen molar-refractivity contribution >= 4 is 29.0 Å². The van der Waals surface area contributed by atoms with Crippen molar-refractivity contribution in [1.29, 1.82) is 0 Å². The van der Waals surface area contributed by atoms with Gasteiger partial charge < -0.3 is 5.32 Å². The second-order valence-corrected chi connectivity index (χ2v) is 5.97. The summed E-state index contributed by atoms with van der Waals surface area (Å²) in [6.07, 6.45) is 8.13. The molecule has 1 aromatic heterocycles. The van der Waals surface area contributed by atoms with E-state index in [0.717, 1.165) is 23.4 Å². The maximum atomic E-state index is 12.0. The molecule has 1 heterocycles. The number of rotatable bonds is 3. The van der Waals surface area contributed by atoms with E-state index >= 15 is 0 Å². The molecule has 1 aliphatic carbocycles. The summed E-state index contributed by atoms with van der Waals surface area (Å²) < 4.78 is 0. The SMILES string of the molecule is O=C(C=Cc1cccs1)Nc1cccc2c1CCCC2. The molecule has 1 aromatic carbocycles. The highest BCUT2D eigenvalue weighted by atomic mass is 32.1. The number of nitrogens with one attached hydrogen (secondary N) is 1. The van der Waals surface area contributed by atoms with Crippen molar-refractivity contribution in [3.8, 4) is 0 Å². The predicted octanol–water partition coefficient (Wildman–Crippen LogP) is 4.28. The number of anilines is 1. The smallest absolute Gasteiger partial charge is 0.248 e. The van der Waals surface area contributed by atoms with Crippen LogP contribution in [0.2, 0.25) is 0 Å². The number of aryl methyl sites for hydroxylation is 1. The van der Waals surface area contributed by atoms with Crippen molar-refractivity contribution in [2.24, 2.45) is 0 Å². The van der Waals surface area contributed by atoms with Crippen molar-refractivity contribution in [1.82, 2.24) is 0 Å². The minimum Gasteiger partial charge on any atom is -0.322 e. The number of amides is 1. The van der Waals surface area contributed by atoms with E-state index in [0.29, 0.717) is 0 Å². The third-order valence-corrected chi connectivity index (χ3v) is 4.43. The summed E-state index contributed by atoms with van der Waals surface area (Å²) in [6, 6.07) is 10.2. The molecular formula is C17H17NOS. The van der Waals surface area contributed by atoms with Crippen LogP contribution >= 0.6 is 11.3 Å². The molecule has 0 bridgehead atoms. The standard InChI is InChI=1S/C17H17NOS/c19-17(11-10-14-7-4-12-20-14)18-16-9-3-6-13-5-1-2-8-15(13)16/h3-4,6-7,9-12H,1-2,5,8H2,(H,18,19). The summed E-state index contributed by atoms with van der Waals surface area (Å²) in [7, 11) is 0. The van der Waals surface area contributed by atoms with E-state index in [1.807, 2.05) is 35.7 Å². The van der Waals surface area contributed by atoms with Crippen LogP contribution in [0, 0.1) is 0 Å². The molecule has 3 heteroatoms. The Kier molecular flexibility index (Phi) is 3.97. The number of carbonyl (C=O) groups excluding carboxylic acids is 1. The predicted molar refractivity (Wildman–Crippen MR) is 85.1 cm³/mol. The van der Waals surface area contributed by atoms with Gasteiger partial charge in [-0.05, 0) is 60.4 Å². The molecule has 1 aliphatic rings. The molecule has 1 N–H and O–H groups in total. The zero-order valence-corrected chi connectivity index (χ0v) is 12.1. The molecule has 0 aliphatic heterocycles. The number of carbonyl (C=O) groups is 1. The van der Waals surface area contributed by atoms with E-state index in [2.05, 4.69) is 11.4 Å². The van der Waals surface area contributed by atoms with Gasteiger partial charge >= 0.3 is 0 Å². The fourth-order valence-electron chi connectivity index (χ4n) is 2.62. The lowest BCUT2D eigenvalue weighted by Gasteiger charge is -2.19.